The maximum atomic E-state index is 10.8. The van der Waals surface area contributed by atoms with E-state index >= 15 is 0 Å². The summed E-state index contributed by atoms with van der Waals surface area (Å²) >= 11 is 0. The van der Waals surface area contributed by atoms with E-state index in [-0.39, 0.29) is 5.69 Å². The Labute approximate surface area is 170 Å². The van der Waals surface area contributed by atoms with Crippen LogP contribution in [0.4, 0.5) is 5.69 Å². The maximum absolute atomic E-state index is 10.8. The molecule has 0 aromatic heterocycles. The van der Waals surface area contributed by atoms with Gasteiger partial charge in [0, 0.05) is 17.7 Å². The number of non-ortho nitro benzene ring substituents is 1. The van der Waals surface area contributed by atoms with Gasteiger partial charge in [-0.15, -0.1) is 6.58 Å². The predicted molar refractivity (Wildman–Crippen MR) is 114 cm³/mol. The molecule has 0 aliphatic heterocycles. The van der Waals surface area contributed by atoms with Crippen molar-refractivity contribution >= 4 is 17.3 Å². The van der Waals surface area contributed by atoms with Gasteiger partial charge < -0.3 is 9.47 Å². The molecule has 0 unspecified atom stereocenters. The first-order valence-electron chi connectivity index (χ1n) is 9.44. The van der Waals surface area contributed by atoms with Gasteiger partial charge in [-0.05, 0) is 61.2 Å². The van der Waals surface area contributed by atoms with E-state index in [0.29, 0.717) is 42.3 Å². The first-order valence-corrected chi connectivity index (χ1v) is 9.44. The number of ether oxygens (including phenoxy) is 2. The van der Waals surface area contributed by atoms with Gasteiger partial charge in [-0.3, -0.25) is 10.1 Å². The zero-order valence-electron chi connectivity index (χ0n) is 16.7. The van der Waals surface area contributed by atoms with Crippen molar-refractivity contribution in [2.75, 3.05) is 13.2 Å². The number of hydrogen-bond donors (Lipinski definition) is 0. The van der Waals surface area contributed by atoms with Crippen molar-refractivity contribution in [3.05, 3.63) is 75.9 Å². The fourth-order valence-corrected chi connectivity index (χ4v) is 2.81. The summed E-state index contributed by atoms with van der Waals surface area (Å²) in [5.74, 6) is 1.31. The number of nitrogens with zero attached hydrogens (tertiary/aromatic N) is 2. The van der Waals surface area contributed by atoms with E-state index in [9.17, 15) is 15.4 Å². The molecule has 0 aliphatic carbocycles. The number of nitro groups is 1. The Morgan fingerprint density at radius 1 is 1.24 bits per heavy atom. The van der Waals surface area contributed by atoms with E-state index in [1.165, 1.54) is 12.1 Å². The van der Waals surface area contributed by atoms with Gasteiger partial charge in [-0.1, -0.05) is 13.0 Å². The molecule has 6 nitrogen and oxygen atoms in total. The van der Waals surface area contributed by atoms with E-state index in [2.05, 4.69) is 12.6 Å². The smallest absolute Gasteiger partial charge is 0.269 e. The van der Waals surface area contributed by atoms with Crippen molar-refractivity contribution in [2.45, 2.75) is 26.7 Å². The van der Waals surface area contributed by atoms with Crippen LogP contribution in [0.1, 0.15) is 37.0 Å². The molecule has 0 heterocycles. The number of allylic oxidation sites excluding steroid dienone is 2. The van der Waals surface area contributed by atoms with E-state index in [1.54, 1.807) is 24.3 Å². The highest BCUT2D eigenvalue weighted by atomic mass is 16.6. The van der Waals surface area contributed by atoms with Crippen LogP contribution in [0.25, 0.3) is 11.6 Å². The highest BCUT2D eigenvalue weighted by molar-refractivity contribution is 5.90. The summed E-state index contributed by atoms with van der Waals surface area (Å²) in [6.07, 6.45) is 5.00. The fourth-order valence-electron chi connectivity index (χ4n) is 2.81. The highest BCUT2D eigenvalue weighted by Crippen LogP contribution is 2.35. The average Bonchev–Trinajstić information content (AvgIpc) is 2.72. The van der Waals surface area contributed by atoms with E-state index in [1.807, 2.05) is 26.0 Å². The molecule has 0 bridgehead atoms. The van der Waals surface area contributed by atoms with Crippen molar-refractivity contribution < 1.29 is 14.4 Å². The molecule has 29 heavy (non-hydrogen) atoms. The van der Waals surface area contributed by atoms with Crippen molar-refractivity contribution in [1.29, 1.82) is 5.26 Å². The second-order valence-electron chi connectivity index (χ2n) is 6.26. The van der Waals surface area contributed by atoms with Crippen LogP contribution >= 0.6 is 0 Å². The lowest BCUT2D eigenvalue weighted by Gasteiger charge is -2.16. The molecular formula is C23H24N2O4. The quantitative estimate of drug-likeness (QED) is 0.173. The van der Waals surface area contributed by atoms with Crippen LogP contribution in [0.3, 0.4) is 0 Å². The molecule has 0 saturated heterocycles. The van der Waals surface area contributed by atoms with Gasteiger partial charge in [0.15, 0.2) is 11.5 Å². The summed E-state index contributed by atoms with van der Waals surface area (Å²) in [6, 6.07) is 11.9. The number of nitriles is 1. The lowest BCUT2D eigenvalue weighted by atomic mass is 10.0. The first kappa shape index (κ1) is 21.7. The second kappa shape index (κ2) is 10.7. The molecule has 0 aliphatic rings. The predicted octanol–water partition coefficient (Wildman–Crippen LogP) is 5.57. The zero-order valence-corrected chi connectivity index (χ0v) is 16.7. The molecule has 2 aromatic carbocycles. The number of benzene rings is 2. The van der Waals surface area contributed by atoms with Crippen LogP contribution in [0.15, 0.2) is 49.1 Å². The Morgan fingerprint density at radius 3 is 2.52 bits per heavy atom. The van der Waals surface area contributed by atoms with Crippen LogP contribution in [0.5, 0.6) is 11.5 Å². The van der Waals surface area contributed by atoms with Crippen molar-refractivity contribution in [3.8, 4) is 17.6 Å². The van der Waals surface area contributed by atoms with E-state index in [4.69, 9.17) is 9.47 Å². The third kappa shape index (κ3) is 5.69. The molecule has 0 fully saturated rings. The Balaban J connectivity index is 2.51. The van der Waals surface area contributed by atoms with Gasteiger partial charge in [0.2, 0.25) is 0 Å². The van der Waals surface area contributed by atoms with Crippen LogP contribution in [0, 0.1) is 21.4 Å². The minimum atomic E-state index is -0.468. The summed E-state index contributed by atoms with van der Waals surface area (Å²) < 4.78 is 11.7. The van der Waals surface area contributed by atoms with Gasteiger partial charge in [0.25, 0.3) is 5.69 Å². The molecular weight excluding hydrogens is 368 g/mol. The molecule has 2 aromatic rings. The van der Waals surface area contributed by atoms with Crippen molar-refractivity contribution in [2.24, 2.45) is 0 Å². The monoisotopic (exact) mass is 392 g/mol. The lowest BCUT2D eigenvalue weighted by molar-refractivity contribution is -0.384. The Morgan fingerprint density at radius 2 is 1.97 bits per heavy atom. The number of hydrogen-bond acceptors (Lipinski definition) is 5. The Hall–Kier alpha value is -3.59. The molecule has 0 saturated carbocycles. The van der Waals surface area contributed by atoms with Gasteiger partial charge in [-0.2, -0.15) is 5.26 Å². The van der Waals surface area contributed by atoms with E-state index < -0.39 is 4.92 Å². The fraction of sp³-hybridized carbons (Fsp3) is 0.261. The topological polar surface area (TPSA) is 85.4 Å². The van der Waals surface area contributed by atoms with Crippen LogP contribution in [0.2, 0.25) is 0 Å². The van der Waals surface area contributed by atoms with Gasteiger partial charge in [0.05, 0.1) is 29.8 Å². The minimum Gasteiger partial charge on any atom is -0.490 e. The van der Waals surface area contributed by atoms with Gasteiger partial charge >= 0.3 is 0 Å². The molecule has 6 heteroatoms. The normalized spacial score (nSPS) is 10.9. The largest absolute Gasteiger partial charge is 0.490 e. The average molecular weight is 392 g/mol. The molecule has 0 amide bonds. The minimum absolute atomic E-state index is 0.0182. The molecule has 0 radical (unpaired) electrons. The van der Waals surface area contributed by atoms with Gasteiger partial charge in [-0.25, -0.2) is 0 Å². The Kier molecular flexibility index (Phi) is 7.99. The summed E-state index contributed by atoms with van der Waals surface area (Å²) in [7, 11) is 0. The van der Waals surface area contributed by atoms with E-state index in [0.717, 1.165) is 17.5 Å². The summed E-state index contributed by atoms with van der Waals surface area (Å²) in [4.78, 5) is 10.4. The number of nitro benzene ring substituents is 1. The zero-order chi connectivity index (χ0) is 21.2. The summed E-state index contributed by atoms with van der Waals surface area (Å²) in [5, 5.41) is 20.5. The lowest BCUT2D eigenvalue weighted by Crippen LogP contribution is -2.03. The van der Waals surface area contributed by atoms with Crippen LogP contribution in [-0.4, -0.2) is 18.1 Å². The third-order valence-corrected chi connectivity index (χ3v) is 4.09. The SMILES string of the molecule is C=CCc1cc(/C=C(\C#N)c2ccc([N+](=O)[O-])cc2)cc(OCC)c1OCCC. The number of rotatable bonds is 10. The van der Waals surface area contributed by atoms with Crippen LogP contribution in [-0.2, 0) is 6.42 Å². The molecule has 0 spiro atoms. The second-order valence-corrected chi connectivity index (χ2v) is 6.26. The van der Waals surface area contributed by atoms with Gasteiger partial charge in [0.1, 0.15) is 0 Å². The van der Waals surface area contributed by atoms with Crippen molar-refractivity contribution in [3.63, 3.8) is 0 Å². The molecule has 0 N–H and O–H groups in total. The van der Waals surface area contributed by atoms with Crippen LogP contribution < -0.4 is 9.47 Å². The molecule has 0 atom stereocenters. The molecule has 150 valence electrons. The molecule has 2 rings (SSSR count). The Bertz CT molecular complexity index is 941. The van der Waals surface area contributed by atoms with Crippen molar-refractivity contribution in [1.82, 2.24) is 0 Å². The maximum Gasteiger partial charge on any atom is 0.269 e. The highest BCUT2D eigenvalue weighted by Gasteiger charge is 2.14. The third-order valence-electron chi connectivity index (χ3n) is 4.09. The standard InChI is InChI=1S/C23H24N2O4/c1-4-7-19-13-17(15-22(28-6-3)23(19)29-12-5-2)14-20(16-24)18-8-10-21(11-9-18)25(26)27/h4,8-11,13-15H,1,5-7,12H2,2-3H3/b20-14+. The summed E-state index contributed by atoms with van der Waals surface area (Å²) in [5.41, 5.74) is 2.69. The first-order chi connectivity index (χ1) is 14.0. The summed E-state index contributed by atoms with van der Waals surface area (Å²) in [6.45, 7) is 8.80.